The first-order chi connectivity index (χ1) is 12.1. The van der Waals surface area contributed by atoms with E-state index in [2.05, 4.69) is 15.4 Å². The number of hydrogen-bond donors (Lipinski definition) is 1. The van der Waals surface area contributed by atoms with Gasteiger partial charge in [0, 0.05) is 13.1 Å². The molecule has 3 rings (SSSR count). The molecule has 0 bridgehead atoms. The zero-order valence-electron chi connectivity index (χ0n) is 13.6. The summed E-state index contributed by atoms with van der Waals surface area (Å²) >= 11 is 0.975. The summed E-state index contributed by atoms with van der Waals surface area (Å²) in [6, 6.07) is 9.41. The molecule has 2 aromatic rings. The van der Waals surface area contributed by atoms with Crippen LogP contribution in [0.15, 0.2) is 41.5 Å². The third-order valence-electron chi connectivity index (χ3n) is 4.16. The van der Waals surface area contributed by atoms with Gasteiger partial charge in [-0.3, -0.25) is 9.69 Å². The maximum atomic E-state index is 13.0. The quantitative estimate of drug-likeness (QED) is 0.654. The van der Waals surface area contributed by atoms with Gasteiger partial charge in [-0.2, -0.15) is 9.49 Å². The Kier molecular flexibility index (Phi) is 5.88. The Balaban J connectivity index is 1.50. The van der Waals surface area contributed by atoms with Crippen LogP contribution in [0.3, 0.4) is 0 Å². The van der Waals surface area contributed by atoms with Crippen molar-refractivity contribution in [1.82, 2.24) is 10.3 Å². The predicted octanol–water partition coefficient (Wildman–Crippen LogP) is 3.39. The fraction of sp³-hybridized carbons (Fsp3) is 0.333. The molecule has 0 spiro atoms. The highest BCUT2D eigenvalue weighted by molar-refractivity contribution is 7.12. The van der Waals surface area contributed by atoms with E-state index in [-0.39, 0.29) is 22.8 Å². The third-order valence-corrected chi connectivity index (χ3v) is 4.96. The largest absolute Gasteiger partial charge is 0.298 e. The van der Waals surface area contributed by atoms with Crippen molar-refractivity contribution in [2.45, 2.75) is 19.4 Å². The lowest BCUT2D eigenvalue weighted by molar-refractivity contribution is -0.126. The molecule has 1 atom stereocenters. The van der Waals surface area contributed by atoms with Crippen LogP contribution in [0.25, 0.3) is 0 Å². The minimum Gasteiger partial charge on any atom is -0.298 e. The maximum absolute atomic E-state index is 13.0. The van der Waals surface area contributed by atoms with Gasteiger partial charge in [0.25, 0.3) is 0 Å². The van der Waals surface area contributed by atoms with Crippen LogP contribution in [0.4, 0.5) is 8.78 Å². The van der Waals surface area contributed by atoms with Crippen molar-refractivity contribution >= 4 is 23.5 Å². The summed E-state index contributed by atoms with van der Waals surface area (Å²) in [6.07, 6.45) is 3.19. The molecule has 1 unspecified atom stereocenters. The number of rotatable bonds is 5. The first-order valence-corrected chi connectivity index (χ1v) is 8.97. The number of nitrogens with zero attached hydrogens (tertiary/aromatic N) is 2. The SMILES string of the molecule is O=C(N/N=C/c1ccc(F)s1)C1CCCN(Cc2ccc(F)cc2)C1. The normalized spacial score (nSPS) is 18.6. The van der Waals surface area contributed by atoms with Crippen LogP contribution in [0.1, 0.15) is 23.3 Å². The van der Waals surface area contributed by atoms with E-state index in [1.807, 2.05) is 0 Å². The van der Waals surface area contributed by atoms with Gasteiger partial charge < -0.3 is 0 Å². The number of carbonyl (C=O) groups excluding carboxylic acids is 1. The molecule has 1 amide bonds. The third kappa shape index (κ3) is 5.17. The van der Waals surface area contributed by atoms with Crippen molar-refractivity contribution in [3.8, 4) is 0 Å². The van der Waals surface area contributed by atoms with Gasteiger partial charge in [0.05, 0.1) is 17.0 Å². The first-order valence-electron chi connectivity index (χ1n) is 8.15. The summed E-state index contributed by atoms with van der Waals surface area (Å²) in [5.41, 5.74) is 3.57. The van der Waals surface area contributed by atoms with E-state index >= 15 is 0 Å². The number of carbonyl (C=O) groups is 1. The molecule has 1 fully saturated rings. The predicted molar refractivity (Wildman–Crippen MR) is 94.4 cm³/mol. The molecule has 132 valence electrons. The molecule has 1 N–H and O–H groups in total. The van der Waals surface area contributed by atoms with Crippen LogP contribution in [-0.2, 0) is 11.3 Å². The second kappa shape index (κ2) is 8.31. The van der Waals surface area contributed by atoms with E-state index in [9.17, 15) is 13.6 Å². The monoisotopic (exact) mass is 363 g/mol. The van der Waals surface area contributed by atoms with E-state index in [0.717, 1.165) is 36.3 Å². The Hall–Kier alpha value is -2.12. The molecule has 25 heavy (non-hydrogen) atoms. The molecule has 1 aromatic carbocycles. The van der Waals surface area contributed by atoms with E-state index in [0.29, 0.717) is 18.0 Å². The summed E-state index contributed by atoms with van der Waals surface area (Å²) in [6.45, 7) is 2.26. The summed E-state index contributed by atoms with van der Waals surface area (Å²) in [5, 5.41) is 3.63. The fourth-order valence-corrected chi connectivity index (χ4v) is 3.51. The van der Waals surface area contributed by atoms with Gasteiger partial charge in [-0.25, -0.2) is 9.82 Å². The van der Waals surface area contributed by atoms with Crippen molar-refractivity contribution in [2.75, 3.05) is 13.1 Å². The van der Waals surface area contributed by atoms with Crippen LogP contribution in [0.2, 0.25) is 0 Å². The van der Waals surface area contributed by atoms with E-state index in [1.165, 1.54) is 24.4 Å². The van der Waals surface area contributed by atoms with Crippen LogP contribution in [0, 0.1) is 16.9 Å². The van der Waals surface area contributed by atoms with Crippen molar-refractivity contribution in [3.63, 3.8) is 0 Å². The molecular formula is C18H19F2N3OS. The average molecular weight is 363 g/mol. The first kappa shape index (κ1) is 17.7. The molecule has 7 heteroatoms. The van der Waals surface area contributed by atoms with Crippen LogP contribution < -0.4 is 5.43 Å². The molecule has 1 aromatic heterocycles. The molecule has 0 aliphatic carbocycles. The van der Waals surface area contributed by atoms with E-state index < -0.39 is 0 Å². The lowest BCUT2D eigenvalue weighted by Gasteiger charge is -2.31. The standard InChI is InChI=1S/C18H19F2N3OS/c19-15-5-3-13(4-6-15)11-23-9-1-2-14(12-23)18(24)22-21-10-16-7-8-17(20)25-16/h3-8,10,14H,1-2,9,11-12H2,(H,22,24)/b21-10+. The van der Waals surface area contributed by atoms with Crippen molar-refractivity contribution < 1.29 is 13.6 Å². The number of nitrogens with one attached hydrogen (secondary N) is 1. The minimum absolute atomic E-state index is 0.128. The summed E-state index contributed by atoms with van der Waals surface area (Å²) < 4.78 is 25.9. The number of halogens is 2. The van der Waals surface area contributed by atoms with Gasteiger partial charge in [0.15, 0.2) is 5.13 Å². The highest BCUT2D eigenvalue weighted by Crippen LogP contribution is 2.19. The number of hydrazone groups is 1. The number of thiophene rings is 1. The van der Waals surface area contributed by atoms with Crippen LogP contribution in [0.5, 0.6) is 0 Å². The molecule has 4 nitrogen and oxygen atoms in total. The number of hydrogen-bond acceptors (Lipinski definition) is 4. The smallest absolute Gasteiger partial charge is 0.244 e. The second-order valence-electron chi connectivity index (χ2n) is 6.08. The Morgan fingerprint density at radius 1 is 1.28 bits per heavy atom. The van der Waals surface area contributed by atoms with E-state index in [1.54, 1.807) is 18.2 Å². The summed E-state index contributed by atoms with van der Waals surface area (Å²) in [4.78, 5) is 15.1. The van der Waals surface area contributed by atoms with Crippen molar-refractivity contribution in [1.29, 1.82) is 0 Å². The molecule has 0 saturated carbocycles. The Morgan fingerprint density at radius 3 is 2.80 bits per heavy atom. The van der Waals surface area contributed by atoms with Gasteiger partial charge in [-0.1, -0.05) is 12.1 Å². The molecule has 1 aliphatic rings. The average Bonchev–Trinajstić information content (AvgIpc) is 3.02. The number of benzene rings is 1. The topological polar surface area (TPSA) is 44.7 Å². The Morgan fingerprint density at radius 2 is 2.08 bits per heavy atom. The second-order valence-corrected chi connectivity index (χ2v) is 7.14. The lowest BCUT2D eigenvalue weighted by atomic mass is 9.97. The number of amides is 1. The molecule has 1 aliphatic heterocycles. The zero-order valence-corrected chi connectivity index (χ0v) is 14.4. The lowest BCUT2D eigenvalue weighted by Crippen LogP contribution is -2.41. The van der Waals surface area contributed by atoms with Gasteiger partial charge in [0.1, 0.15) is 5.82 Å². The fourth-order valence-electron chi connectivity index (χ4n) is 2.91. The Bertz CT molecular complexity index is 745. The molecule has 2 heterocycles. The summed E-state index contributed by atoms with van der Waals surface area (Å²) in [7, 11) is 0. The minimum atomic E-state index is -0.281. The molecular weight excluding hydrogens is 344 g/mol. The molecule has 0 radical (unpaired) electrons. The highest BCUT2D eigenvalue weighted by Gasteiger charge is 2.25. The molecule has 1 saturated heterocycles. The number of piperidine rings is 1. The Labute approximate surface area is 149 Å². The van der Waals surface area contributed by atoms with Crippen molar-refractivity contribution in [2.24, 2.45) is 11.0 Å². The van der Waals surface area contributed by atoms with Crippen molar-refractivity contribution in [3.05, 3.63) is 57.8 Å². The zero-order chi connectivity index (χ0) is 17.6. The van der Waals surface area contributed by atoms with Crippen LogP contribution in [-0.4, -0.2) is 30.1 Å². The van der Waals surface area contributed by atoms with Gasteiger partial charge in [-0.15, -0.1) is 11.3 Å². The highest BCUT2D eigenvalue weighted by atomic mass is 32.1. The maximum Gasteiger partial charge on any atom is 0.244 e. The summed E-state index contributed by atoms with van der Waals surface area (Å²) in [5.74, 6) is -0.508. The number of likely N-dealkylation sites (tertiary alicyclic amines) is 1. The van der Waals surface area contributed by atoms with Gasteiger partial charge in [-0.05, 0) is 49.2 Å². The van der Waals surface area contributed by atoms with Gasteiger partial charge in [0.2, 0.25) is 5.91 Å². The van der Waals surface area contributed by atoms with E-state index in [4.69, 9.17) is 0 Å². The van der Waals surface area contributed by atoms with Crippen LogP contribution >= 0.6 is 11.3 Å². The van der Waals surface area contributed by atoms with Gasteiger partial charge >= 0.3 is 0 Å².